The third kappa shape index (κ3) is 3.99. The Bertz CT molecular complexity index is 494. The lowest BCUT2D eigenvalue weighted by molar-refractivity contribution is 0.146. The van der Waals surface area contributed by atoms with Crippen LogP contribution in [0, 0.1) is 0 Å². The molecule has 0 unspecified atom stereocenters. The number of methoxy groups -OCH3 is 1. The molecule has 102 valence electrons. The molecule has 5 heteroatoms. The highest BCUT2D eigenvalue weighted by Gasteiger charge is 1.99. The van der Waals surface area contributed by atoms with Crippen molar-refractivity contribution < 1.29 is 9.47 Å². The topological polar surface area (TPSA) is 48.3 Å². The van der Waals surface area contributed by atoms with Crippen LogP contribution in [0.25, 0.3) is 0 Å². The highest BCUT2D eigenvalue weighted by Crippen LogP contribution is 2.16. The van der Waals surface area contributed by atoms with Crippen LogP contribution in [0.5, 0.6) is 5.75 Å². The van der Waals surface area contributed by atoms with Crippen LogP contribution in [0.15, 0.2) is 36.8 Å². The third-order valence-electron chi connectivity index (χ3n) is 2.80. The summed E-state index contributed by atoms with van der Waals surface area (Å²) in [6.45, 7) is 1.92. The summed E-state index contributed by atoms with van der Waals surface area (Å²) in [5.41, 5.74) is 2.20. The summed E-state index contributed by atoms with van der Waals surface area (Å²) in [7, 11) is 3.64. The van der Waals surface area contributed by atoms with E-state index in [0.29, 0.717) is 13.2 Å². The maximum atomic E-state index is 5.50. The second kappa shape index (κ2) is 6.80. The molecule has 0 spiro atoms. The van der Waals surface area contributed by atoms with Crippen molar-refractivity contribution >= 4 is 5.69 Å². The Balaban J connectivity index is 1.83. The van der Waals surface area contributed by atoms with Gasteiger partial charge in [0.15, 0.2) is 0 Å². The fraction of sp³-hybridized carbons (Fsp3) is 0.357. The van der Waals surface area contributed by atoms with Crippen LogP contribution in [0.3, 0.4) is 0 Å². The molecule has 0 aliphatic heterocycles. The van der Waals surface area contributed by atoms with Crippen LogP contribution in [0.1, 0.15) is 5.69 Å². The van der Waals surface area contributed by atoms with E-state index in [9.17, 15) is 0 Å². The molecular formula is C14H19N3O2. The minimum Gasteiger partial charge on any atom is -0.491 e. The van der Waals surface area contributed by atoms with Crippen molar-refractivity contribution in [3.8, 4) is 5.75 Å². The molecule has 0 amide bonds. The Morgan fingerprint density at radius 2 is 2.00 bits per heavy atom. The number of imidazole rings is 1. The monoisotopic (exact) mass is 261 g/mol. The van der Waals surface area contributed by atoms with Gasteiger partial charge in [0.1, 0.15) is 12.4 Å². The van der Waals surface area contributed by atoms with Gasteiger partial charge in [-0.15, -0.1) is 0 Å². The van der Waals surface area contributed by atoms with Crippen LogP contribution in [-0.2, 0) is 18.3 Å². The summed E-state index contributed by atoms with van der Waals surface area (Å²) in [5.74, 6) is 0.850. The fourth-order valence-corrected chi connectivity index (χ4v) is 1.66. The van der Waals surface area contributed by atoms with Gasteiger partial charge in [0, 0.05) is 26.0 Å². The van der Waals surface area contributed by atoms with Crippen LogP contribution < -0.4 is 10.1 Å². The second-order valence-corrected chi connectivity index (χ2v) is 4.22. The normalized spacial score (nSPS) is 10.4. The van der Waals surface area contributed by atoms with Gasteiger partial charge >= 0.3 is 0 Å². The molecule has 0 bridgehead atoms. The van der Waals surface area contributed by atoms with E-state index in [1.165, 1.54) is 0 Å². The standard InChI is InChI=1S/C14H19N3O2/c1-17-11-15-9-13(17)10-16-12-3-5-14(6-4-12)19-8-7-18-2/h3-6,9,11,16H,7-8,10H2,1-2H3. The van der Waals surface area contributed by atoms with E-state index in [0.717, 1.165) is 23.7 Å². The summed E-state index contributed by atoms with van der Waals surface area (Å²) in [6.07, 6.45) is 3.65. The first-order valence-electron chi connectivity index (χ1n) is 6.20. The number of hydrogen-bond acceptors (Lipinski definition) is 4. The zero-order valence-corrected chi connectivity index (χ0v) is 11.3. The van der Waals surface area contributed by atoms with Crippen LogP contribution >= 0.6 is 0 Å². The molecule has 1 aromatic carbocycles. The van der Waals surface area contributed by atoms with Crippen molar-refractivity contribution in [1.82, 2.24) is 9.55 Å². The van der Waals surface area contributed by atoms with E-state index in [4.69, 9.17) is 9.47 Å². The Morgan fingerprint density at radius 1 is 1.21 bits per heavy atom. The van der Waals surface area contributed by atoms with E-state index in [1.807, 2.05) is 42.1 Å². The third-order valence-corrected chi connectivity index (χ3v) is 2.80. The summed E-state index contributed by atoms with van der Waals surface area (Å²) >= 11 is 0. The van der Waals surface area contributed by atoms with Crippen LogP contribution in [0.2, 0.25) is 0 Å². The quantitative estimate of drug-likeness (QED) is 0.775. The van der Waals surface area contributed by atoms with Crippen LogP contribution in [-0.4, -0.2) is 29.9 Å². The lowest BCUT2D eigenvalue weighted by Gasteiger charge is -2.09. The van der Waals surface area contributed by atoms with Gasteiger partial charge in [-0.2, -0.15) is 0 Å². The second-order valence-electron chi connectivity index (χ2n) is 4.22. The molecule has 0 aliphatic rings. The minimum atomic E-state index is 0.568. The molecule has 2 rings (SSSR count). The average Bonchev–Trinajstić information content (AvgIpc) is 2.84. The van der Waals surface area contributed by atoms with Crippen LogP contribution in [0.4, 0.5) is 5.69 Å². The Hall–Kier alpha value is -2.01. The first kappa shape index (κ1) is 13.4. The fourth-order valence-electron chi connectivity index (χ4n) is 1.66. The number of anilines is 1. The van der Waals surface area contributed by atoms with Gasteiger partial charge in [-0.3, -0.25) is 0 Å². The lowest BCUT2D eigenvalue weighted by Crippen LogP contribution is -2.05. The molecule has 0 saturated carbocycles. The molecule has 2 aromatic rings. The molecule has 1 N–H and O–H groups in total. The van der Waals surface area contributed by atoms with Gasteiger partial charge in [0.25, 0.3) is 0 Å². The average molecular weight is 261 g/mol. The first-order chi connectivity index (χ1) is 9.29. The van der Waals surface area contributed by atoms with E-state index in [-0.39, 0.29) is 0 Å². The van der Waals surface area contributed by atoms with E-state index < -0.39 is 0 Å². The van der Waals surface area contributed by atoms with Gasteiger partial charge in [0.2, 0.25) is 0 Å². The molecular weight excluding hydrogens is 242 g/mol. The van der Waals surface area contributed by atoms with Crippen molar-refractivity contribution in [3.63, 3.8) is 0 Å². The van der Waals surface area contributed by atoms with Gasteiger partial charge < -0.3 is 19.4 Å². The van der Waals surface area contributed by atoms with Crippen molar-refractivity contribution in [1.29, 1.82) is 0 Å². The Kier molecular flexibility index (Phi) is 4.80. The number of ether oxygens (including phenoxy) is 2. The number of aromatic nitrogens is 2. The molecule has 1 heterocycles. The molecule has 19 heavy (non-hydrogen) atoms. The lowest BCUT2D eigenvalue weighted by atomic mass is 10.3. The van der Waals surface area contributed by atoms with Gasteiger partial charge in [-0.25, -0.2) is 4.98 Å². The highest BCUT2D eigenvalue weighted by molar-refractivity contribution is 5.46. The number of hydrogen-bond donors (Lipinski definition) is 1. The van der Waals surface area contributed by atoms with Gasteiger partial charge in [-0.05, 0) is 24.3 Å². The molecule has 0 atom stereocenters. The highest BCUT2D eigenvalue weighted by atomic mass is 16.5. The molecule has 0 aliphatic carbocycles. The van der Waals surface area contributed by atoms with E-state index >= 15 is 0 Å². The molecule has 0 fully saturated rings. The smallest absolute Gasteiger partial charge is 0.119 e. The number of nitrogens with one attached hydrogen (secondary N) is 1. The van der Waals surface area contributed by atoms with Crippen molar-refractivity contribution in [2.24, 2.45) is 7.05 Å². The first-order valence-corrected chi connectivity index (χ1v) is 6.20. The summed E-state index contributed by atoms with van der Waals surface area (Å²) < 4.78 is 12.4. The van der Waals surface area contributed by atoms with Crippen molar-refractivity contribution in [2.45, 2.75) is 6.54 Å². The molecule has 5 nitrogen and oxygen atoms in total. The maximum Gasteiger partial charge on any atom is 0.119 e. The molecule has 0 saturated heterocycles. The van der Waals surface area contributed by atoms with Crippen molar-refractivity contribution in [2.75, 3.05) is 25.6 Å². The van der Waals surface area contributed by atoms with Crippen molar-refractivity contribution in [3.05, 3.63) is 42.5 Å². The number of benzene rings is 1. The summed E-state index contributed by atoms with van der Waals surface area (Å²) in [6, 6.07) is 7.89. The largest absolute Gasteiger partial charge is 0.491 e. The minimum absolute atomic E-state index is 0.568. The maximum absolute atomic E-state index is 5.50. The number of nitrogens with zero attached hydrogens (tertiary/aromatic N) is 2. The summed E-state index contributed by atoms with van der Waals surface area (Å²) in [5, 5.41) is 3.34. The SMILES string of the molecule is COCCOc1ccc(NCc2cncn2C)cc1. The van der Waals surface area contributed by atoms with E-state index in [1.54, 1.807) is 13.4 Å². The van der Waals surface area contributed by atoms with E-state index in [2.05, 4.69) is 10.3 Å². The Morgan fingerprint density at radius 3 is 2.63 bits per heavy atom. The van der Waals surface area contributed by atoms with Gasteiger partial charge in [-0.1, -0.05) is 0 Å². The molecule has 1 aromatic heterocycles. The number of rotatable bonds is 7. The summed E-state index contributed by atoms with van der Waals surface area (Å²) in [4.78, 5) is 4.08. The predicted molar refractivity (Wildman–Crippen MR) is 74.3 cm³/mol. The predicted octanol–water partition coefficient (Wildman–Crippen LogP) is 2.06. The number of aryl methyl sites for hydroxylation is 1. The zero-order chi connectivity index (χ0) is 13.5. The van der Waals surface area contributed by atoms with Gasteiger partial charge in [0.05, 0.1) is 25.2 Å². The molecule has 0 radical (unpaired) electrons. The Labute approximate surface area is 113 Å². The zero-order valence-electron chi connectivity index (χ0n) is 11.3.